The second-order valence-corrected chi connectivity index (χ2v) is 4.69. The van der Waals surface area contributed by atoms with Crippen LogP contribution in [0, 0.1) is 12.7 Å². The number of hydrogen-bond donors (Lipinski definition) is 0. The van der Waals surface area contributed by atoms with Gasteiger partial charge < -0.3 is 4.90 Å². The Morgan fingerprint density at radius 2 is 1.67 bits per heavy atom. The van der Waals surface area contributed by atoms with Crippen molar-refractivity contribution in [3.05, 3.63) is 29.1 Å². The van der Waals surface area contributed by atoms with Crippen LogP contribution in [0.25, 0.3) is 0 Å². The number of piperidine rings is 1. The molecule has 100 valence electrons. The van der Waals surface area contributed by atoms with Crippen LogP contribution in [0.4, 0.5) is 23.2 Å². The Labute approximate surface area is 103 Å². The van der Waals surface area contributed by atoms with Crippen molar-refractivity contribution in [2.75, 3.05) is 18.0 Å². The molecule has 1 nitrogen and oxygen atoms in total. The Hall–Kier alpha value is -1.26. The van der Waals surface area contributed by atoms with Crippen molar-refractivity contribution in [3.8, 4) is 0 Å². The third-order valence-corrected chi connectivity index (χ3v) is 3.20. The highest BCUT2D eigenvalue weighted by atomic mass is 19.4. The van der Waals surface area contributed by atoms with E-state index in [4.69, 9.17) is 0 Å². The topological polar surface area (TPSA) is 3.24 Å². The normalized spacial score (nSPS) is 17.1. The van der Waals surface area contributed by atoms with E-state index in [9.17, 15) is 17.6 Å². The van der Waals surface area contributed by atoms with Crippen molar-refractivity contribution in [3.63, 3.8) is 0 Å². The third-order valence-electron chi connectivity index (χ3n) is 3.20. The van der Waals surface area contributed by atoms with Gasteiger partial charge in [-0.05, 0) is 43.9 Å². The Kier molecular flexibility index (Phi) is 3.50. The monoisotopic (exact) mass is 261 g/mol. The van der Waals surface area contributed by atoms with E-state index in [1.54, 1.807) is 11.8 Å². The number of rotatable bonds is 1. The molecule has 0 amide bonds. The first-order valence-electron chi connectivity index (χ1n) is 6.02. The predicted octanol–water partition coefficient (Wildman–Crippen LogP) is 4.14. The number of halogens is 4. The van der Waals surface area contributed by atoms with Crippen LogP contribution in [0.2, 0.25) is 0 Å². The Morgan fingerprint density at radius 3 is 2.22 bits per heavy atom. The van der Waals surface area contributed by atoms with Crippen LogP contribution in [0.1, 0.15) is 30.4 Å². The van der Waals surface area contributed by atoms with Gasteiger partial charge in [-0.2, -0.15) is 13.2 Å². The average molecular weight is 261 g/mol. The van der Waals surface area contributed by atoms with Crippen LogP contribution in [0.15, 0.2) is 12.1 Å². The van der Waals surface area contributed by atoms with Gasteiger partial charge in [-0.25, -0.2) is 4.39 Å². The minimum atomic E-state index is -4.64. The molecule has 1 aliphatic heterocycles. The summed E-state index contributed by atoms with van der Waals surface area (Å²) in [6, 6.07) is 2.36. The molecule has 0 bridgehead atoms. The summed E-state index contributed by atoms with van der Waals surface area (Å²) in [6.45, 7) is 2.80. The van der Waals surface area contributed by atoms with E-state index in [1.165, 1.54) is 6.07 Å². The summed E-state index contributed by atoms with van der Waals surface area (Å²) < 4.78 is 52.1. The lowest BCUT2D eigenvalue weighted by Crippen LogP contribution is -2.30. The SMILES string of the molecule is Cc1cc(N2CCCCC2)c(F)c(C(F)(F)F)c1. The molecule has 18 heavy (non-hydrogen) atoms. The van der Waals surface area contributed by atoms with E-state index in [0.29, 0.717) is 18.7 Å². The first-order valence-corrected chi connectivity index (χ1v) is 6.02. The van der Waals surface area contributed by atoms with Crippen molar-refractivity contribution in [2.24, 2.45) is 0 Å². The van der Waals surface area contributed by atoms with Gasteiger partial charge in [0, 0.05) is 13.1 Å². The minimum absolute atomic E-state index is 0.0852. The molecule has 1 fully saturated rings. The molecule has 1 saturated heterocycles. The van der Waals surface area contributed by atoms with Gasteiger partial charge >= 0.3 is 6.18 Å². The first kappa shape index (κ1) is 13.2. The van der Waals surface area contributed by atoms with Crippen molar-refractivity contribution in [1.29, 1.82) is 0 Å². The predicted molar refractivity (Wildman–Crippen MR) is 62.2 cm³/mol. The van der Waals surface area contributed by atoms with Gasteiger partial charge in [0.1, 0.15) is 0 Å². The van der Waals surface area contributed by atoms with Crippen molar-refractivity contribution in [2.45, 2.75) is 32.4 Å². The molecule has 0 atom stereocenters. The second-order valence-electron chi connectivity index (χ2n) is 4.69. The van der Waals surface area contributed by atoms with E-state index in [1.807, 2.05) is 0 Å². The molecule has 0 spiro atoms. The van der Waals surface area contributed by atoms with E-state index in [0.717, 1.165) is 25.3 Å². The highest BCUT2D eigenvalue weighted by Crippen LogP contribution is 2.36. The van der Waals surface area contributed by atoms with Gasteiger partial charge in [0.25, 0.3) is 0 Å². The Bertz CT molecular complexity index is 433. The van der Waals surface area contributed by atoms with Gasteiger partial charge in [-0.1, -0.05) is 0 Å². The summed E-state index contributed by atoms with van der Waals surface area (Å²) in [7, 11) is 0. The zero-order chi connectivity index (χ0) is 13.3. The molecule has 0 N–H and O–H groups in total. The lowest BCUT2D eigenvalue weighted by Gasteiger charge is -2.30. The Balaban J connectivity index is 2.44. The average Bonchev–Trinajstić information content (AvgIpc) is 2.31. The van der Waals surface area contributed by atoms with Crippen LogP contribution in [0.5, 0.6) is 0 Å². The fourth-order valence-corrected chi connectivity index (χ4v) is 2.32. The molecule has 5 heteroatoms. The van der Waals surface area contributed by atoms with Gasteiger partial charge in [0.15, 0.2) is 5.82 Å². The summed E-state index contributed by atoms with van der Waals surface area (Å²) in [5.74, 6) is -1.14. The molecule has 1 aromatic rings. The Morgan fingerprint density at radius 1 is 1.06 bits per heavy atom. The lowest BCUT2D eigenvalue weighted by molar-refractivity contribution is -0.139. The smallest absolute Gasteiger partial charge is 0.369 e. The van der Waals surface area contributed by atoms with E-state index in [-0.39, 0.29) is 5.69 Å². The molecule has 0 saturated carbocycles. The van der Waals surface area contributed by atoms with Crippen molar-refractivity contribution >= 4 is 5.69 Å². The van der Waals surface area contributed by atoms with E-state index in [2.05, 4.69) is 0 Å². The van der Waals surface area contributed by atoms with Crippen LogP contribution in [-0.2, 0) is 6.18 Å². The van der Waals surface area contributed by atoms with Crippen molar-refractivity contribution in [1.82, 2.24) is 0 Å². The first-order chi connectivity index (χ1) is 8.39. The fourth-order valence-electron chi connectivity index (χ4n) is 2.32. The highest BCUT2D eigenvalue weighted by Gasteiger charge is 2.36. The molecule has 0 radical (unpaired) electrons. The number of benzene rings is 1. The highest BCUT2D eigenvalue weighted by molar-refractivity contribution is 5.53. The van der Waals surface area contributed by atoms with Crippen molar-refractivity contribution < 1.29 is 17.6 Å². The maximum absolute atomic E-state index is 14.0. The largest absolute Gasteiger partial charge is 0.419 e. The summed E-state index contributed by atoms with van der Waals surface area (Å²) in [6.07, 6.45) is -1.79. The number of aryl methyl sites for hydroxylation is 1. The van der Waals surface area contributed by atoms with Gasteiger partial charge in [-0.15, -0.1) is 0 Å². The molecule has 2 rings (SSSR count). The van der Waals surface area contributed by atoms with Gasteiger partial charge in [0.05, 0.1) is 11.3 Å². The zero-order valence-corrected chi connectivity index (χ0v) is 10.1. The molecular formula is C13H15F4N. The lowest BCUT2D eigenvalue weighted by atomic mass is 10.1. The van der Waals surface area contributed by atoms with Crippen LogP contribution in [0.3, 0.4) is 0 Å². The number of alkyl halides is 3. The molecule has 0 unspecified atom stereocenters. The third kappa shape index (κ3) is 2.60. The van der Waals surface area contributed by atoms with E-state index < -0.39 is 17.6 Å². The quantitative estimate of drug-likeness (QED) is 0.687. The molecule has 1 heterocycles. The standard InChI is InChI=1S/C13H15F4N/c1-9-7-10(13(15,16)17)12(14)11(8-9)18-5-3-2-4-6-18/h7-8H,2-6H2,1H3. The summed E-state index contributed by atoms with van der Waals surface area (Å²) in [5, 5.41) is 0. The van der Waals surface area contributed by atoms with Gasteiger partial charge in [0.2, 0.25) is 0 Å². The number of hydrogen-bond acceptors (Lipinski definition) is 1. The van der Waals surface area contributed by atoms with E-state index >= 15 is 0 Å². The van der Waals surface area contributed by atoms with Gasteiger partial charge in [-0.3, -0.25) is 0 Å². The molecule has 0 aromatic heterocycles. The number of nitrogens with zero attached hydrogens (tertiary/aromatic N) is 1. The summed E-state index contributed by atoms with van der Waals surface area (Å²) >= 11 is 0. The number of anilines is 1. The summed E-state index contributed by atoms with van der Waals surface area (Å²) in [4.78, 5) is 1.71. The van der Waals surface area contributed by atoms with Crippen LogP contribution in [-0.4, -0.2) is 13.1 Å². The van der Waals surface area contributed by atoms with Crippen LogP contribution < -0.4 is 4.90 Å². The zero-order valence-electron chi connectivity index (χ0n) is 10.1. The molecule has 1 aromatic carbocycles. The molecule has 0 aliphatic carbocycles. The molecule has 1 aliphatic rings. The maximum Gasteiger partial charge on any atom is 0.419 e. The second kappa shape index (κ2) is 4.78. The fraction of sp³-hybridized carbons (Fsp3) is 0.538. The van der Waals surface area contributed by atoms with Crippen LogP contribution >= 0.6 is 0 Å². The summed E-state index contributed by atoms with van der Waals surface area (Å²) in [5.41, 5.74) is -0.644. The maximum atomic E-state index is 14.0. The molecular weight excluding hydrogens is 246 g/mol. The minimum Gasteiger partial charge on any atom is -0.369 e.